The Bertz CT molecular complexity index is 1780. The van der Waals surface area contributed by atoms with Crippen LogP contribution in [-0.4, -0.2) is 34.5 Å². The number of anilines is 2. The van der Waals surface area contributed by atoms with Gasteiger partial charge in [0, 0.05) is 45.0 Å². The number of aromatic amines is 1. The van der Waals surface area contributed by atoms with Crippen molar-refractivity contribution < 1.29 is 19.2 Å². The fourth-order valence-electron chi connectivity index (χ4n) is 6.85. The predicted octanol–water partition coefficient (Wildman–Crippen LogP) is 4.50. The SMILES string of the molecule is CC(=O)c1ccc(N2C(=O)[C@@H]3[C@H](Cc4c[nH]c5ccccc45)N[C@]4(C(=O)Nc5c(C)cc(Cl)cc54)[C@@H]3C2=O)cc1. The van der Waals surface area contributed by atoms with Crippen molar-refractivity contribution in [1.29, 1.82) is 0 Å². The predicted molar refractivity (Wildman–Crippen MR) is 151 cm³/mol. The summed E-state index contributed by atoms with van der Waals surface area (Å²) >= 11 is 6.47. The maximum atomic E-state index is 14.2. The maximum Gasteiger partial charge on any atom is 0.250 e. The molecule has 4 atom stereocenters. The molecule has 3 N–H and O–H groups in total. The first-order valence-electron chi connectivity index (χ1n) is 13.1. The van der Waals surface area contributed by atoms with Gasteiger partial charge < -0.3 is 10.3 Å². The number of ketones is 1. The number of carbonyl (C=O) groups excluding carboxylic acids is 4. The third-order valence-electron chi connectivity index (χ3n) is 8.63. The number of hydrogen-bond acceptors (Lipinski definition) is 5. The van der Waals surface area contributed by atoms with Crippen molar-refractivity contribution >= 4 is 57.4 Å². The van der Waals surface area contributed by atoms with Gasteiger partial charge in [-0.2, -0.15) is 0 Å². The number of carbonyl (C=O) groups is 4. The Morgan fingerprint density at radius 3 is 2.52 bits per heavy atom. The first-order chi connectivity index (χ1) is 19.2. The summed E-state index contributed by atoms with van der Waals surface area (Å²) in [4.78, 5) is 58.5. The van der Waals surface area contributed by atoms with Gasteiger partial charge in [0.05, 0.1) is 17.5 Å². The second-order valence-electron chi connectivity index (χ2n) is 10.8. The number of nitrogens with one attached hydrogen (secondary N) is 3. The van der Waals surface area contributed by atoms with Crippen LogP contribution < -0.4 is 15.5 Å². The minimum atomic E-state index is -1.47. The zero-order valence-electron chi connectivity index (χ0n) is 21.7. The van der Waals surface area contributed by atoms with E-state index in [1.165, 1.54) is 11.8 Å². The van der Waals surface area contributed by atoms with Gasteiger partial charge in [-0.3, -0.25) is 24.5 Å². The number of aryl methyl sites for hydroxylation is 1. The van der Waals surface area contributed by atoms with Crippen LogP contribution in [0.25, 0.3) is 10.9 Å². The van der Waals surface area contributed by atoms with Crippen molar-refractivity contribution in [3.05, 3.63) is 94.1 Å². The molecule has 3 aromatic carbocycles. The monoisotopic (exact) mass is 552 g/mol. The van der Waals surface area contributed by atoms with Crippen LogP contribution in [0, 0.1) is 18.8 Å². The van der Waals surface area contributed by atoms with Crippen LogP contribution in [0.4, 0.5) is 11.4 Å². The lowest BCUT2D eigenvalue weighted by atomic mass is 9.76. The molecule has 0 bridgehead atoms. The zero-order chi connectivity index (χ0) is 27.9. The lowest BCUT2D eigenvalue weighted by Gasteiger charge is -2.29. The van der Waals surface area contributed by atoms with E-state index in [-0.39, 0.29) is 17.6 Å². The Labute approximate surface area is 234 Å². The fourth-order valence-corrected chi connectivity index (χ4v) is 7.12. The summed E-state index contributed by atoms with van der Waals surface area (Å²) in [6, 6.07) is 17.3. The van der Waals surface area contributed by atoms with Crippen LogP contribution in [0.3, 0.4) is 0 Å². The number of aromatic nitrogens is 1. The van der Waals surface area contributed by atoms with Crippen molar-refractivity contribution in [2.75, 3.05) is 10.2 Å². The molecule has 8 nitrogen and oxygen atoms in total. The molecule has 0 aliphatic carbocycles. The highest BCUT2D eigenvalue weighted by molar-refractivity contribution is 6.31. The Morgan fingerprint density at radius 2 is 1.77 bits per heavy atom. The second-order valence-corrected chi connectivity index (χ2v) is 11.3. The number of imide groups is 1. The van der Waals surface area contributed by atoms with Gasteiger partial charge in [-0.1, -0.05) is 29.8 Å². The number of rotatable bonds is 4. The first-order valence-corrected chi connectivity index (χ1v) is 13.5. The van der Waals surface area contributed by atoms with E-state index in [1.807, 2.05) is 37.4 Å². The highest BCUT2D eigenvalue weighted by atomic mass is 35.5. The summed E-state index contributed by atoms with van der Waals surface area (Å²) in [6.45, 7) is 3.31. The normalized spacial score (nSPS) is 25.1. The third-order valence-corrected chi connectivity index (χ3v) is 8.85. The lowest BCUT2D eigenvalue weighted by molar-refractivity contribution is -0.130. The van der Waals surface area contributed by atoms with E-state index < -0.39 is 29.3 Å². The molecule has 40 heavy (non-hydrogen) atoms. The first kappa shape index (κ1) is 24.7. The number of para-hydroxylation sites is 1. The van der Waals surface area contributed by atoms with Crippen LogP contribution in [-0.2, 0) is 26.3 Å². The number of H-pyrrole nitrogens is 1. The summed E-state index contributed by atoms with van der Waals surface area (Å²) in [7, 11) is 0. The van der Waals surface area contributed by atoms with Gasteiger partial charge in [0.2, 0.25) is 17.7 Å². The molecule has 3 amide bonds. The number of nitrogens with zero attached hydrogens (tertiary/aromatic N) is 1. The Morgan fingerprint density at radius 1 is 1.02 bits per heavy atom. The molecule has 1 spiro atoms. The van der Waals surface area contributed by atoms with Gasteiger partial charge in [0.1, 0.15) is 5.54 Å². The van der Waals surface area contributed by atoms with Crippen LogP contribution in [0.5, 0.6) is 0 Å². The summed E-state index contributed by atoms with van der Waals surface area (Å²) in [6.07, 6.45) is 2.33. The number of amides is 3. The highest BCUT2D eigenvalue weighted by Crippen LogP contribution is 2.55. The fraction of sp³-hybridized carbons (Fsp3) is 0.226. The van der Waals surface area contributed by atoms with E-state index in [0.717, 1.165) is 22.0 Å². The molecular formula is C31H25ClN4O4. The van der Waals surface area contributed by atoms with Crippen molar-refractivity contribution in [2.24, 2.45) is 11.8 Å². The van der Waals surface area contributed by atoms with Crippen molar-refractivity contribution in [3.8, 4) is 0 Å². The largest absolute Gasteiger partial charge is 0.361 e. The van der Waals surface area contributed by atoms with Crippen LogP contribution in [0.1, 0.15) is 34.0 Å². The van der Waals surface area contributed by atoms with Gasteiger partial charge >= 0.3 is 0 Å². The quantitative estimate of drug-likeness (QED) is 0.255. The molecule has 7 rings (SSSR count). The standard InChI is InChI=1S/C31H25ClN4O4/c1-15-11-19(32)13-22-27(15)34-30(40)31(22)26-25(24(35-31)12-18-14-33-23-6-4-3-5-21(18)23)28(38)36(29(26)39)20-9-7-17(8-10-20)16(2)37/h3-11,13-14,24-26,33,35H,12H2,1-2H3,(H,34,40)/t24-,25+,26-,31-/m0/s1. The molecule has 0 unspecified atom stereocenters. The van der Waals surface area contributed by atoms with E-state index in [4.69, 9.17) is 11.6 Å². The number of fused-ring (bicyclic) bond motifs is 5. The van der Waals surface area contributed by atoms with Crippen molar-refractivity contribution in [1.82, 2.24) is 10.3 Å². The smallest absolute Gasteiger partial charge is 0.250 e. The van der Waals surface area contributed by atoms with E-state index >= 15 is 0 Å². The molecule has 3 aliphatic heterocycles. The molecule has 2 fully saturated rings. The summed E-state index contributed by atoms with van der Waals surface area (Å²) in [5.74, 6) is -3.11. The Hall–Kier alpha value is -4.27. The zero-order valence-corrected chi connectivity index (χ0v) is 22.5. The van der Waals surface area contributed by atoms with E-state index in [1.54, 1.807) is 36.4 Å². The van der Waals surface area contributed by atoms with Crippen molar-refractivity contribution in [2.45, 2.75) is 31.8 Å². The minimum absolute atomic E-state index is 0.115. The average molecular weight is 553 g/mol. The molecule has 4 aromatic rings. The van der Waals surface area contributed by atoms with Gasteiger partial charge in [-0.15, -0.1) is 0 Å². The van der Waals surface area contributed by atoms with E-state index in [0.29, 0.717) is 33.9 Å². The van der Waals surface area contributed by atoms with Crippen LogP contribution >= 0.6 is 11.6 Å². The maximum absolute atomic E-state index is 14.2. The lowest BCUT2D eigenvalue weighted by Crippen LogP contribution is -2.53. The van der Waals surface area contributed by atoms with Crippen LogP contribution in [0.2, 0.25) is 5.02 Å². The van der Waals surface area contributed by atoms with E-state index in [9.17, 15) is 19.2 Å². The summed E-state index contributed by atoms with van der Waals surface area (Å²) < 4.78 is 0. The summed E-state index contributed by atoms with van der Waals surface area (Å²) in [5, 5.41) is 7.92. The molecule has 0 saturated carbocycles. The minimum Gasteiger partial charge on any atom is -0.361 e. The Balaban J connectivity index is 1.38. The Kier molecular flexibility index (Phi) is 5.33. The average Bonchev–Trinajstić information content (AvgIpc) is 3.64. The third kappa shape index (κ3) is 3.29. The molecule has 4 heterocycles. The van der Waals surface area contributed by atoms with E-state index in [2.05, 4.69) is 15.6 Å². The molecule has 9 heteroatoms. The summed E-state index contributed by atoms with van der Waals surface area (Å²) in [5.41, 5.74) is 3.30. The number of Topliss-reactive ketones (excluding diaryl/α,β-unsaturated/α-hetero) is 1. The van der Waals surface area contributed by atoms with Gasteiger partial charge in [0.25, 0.3) is 0 Å². The van der Waals surface area contributed by atoms with Gasteiger partial charge in [-0.05, 0) is 73.9 Å². The number of halogens is 1. The molecule has 0 radical (unpaired) electrons. The van der Waals surface area contributed by atoms with Gasteiger partial charge in [-0.25, -0.2) is 4.90 Å². The topological polar surface area (TPSA) is 111 Å². The molecular weight excluding hydrogens is 528 g/mol. The van der Waals surface area contributed by atoms with Gasteiger partial charge in [0.15, 0.2) is 5.78 Å². The van der Waals surface area contributed by atoms with Crippen molar-refractivity contribution in [3.63, 3.8) is 0 Å². The highest BCUT2D eigenvalue weighted by Gasteiger charge is 2.70. The number of hydrogen-bond donors (Lipinski definition) is 3. The second kappa shape index (κ2) is 8.61. The molecule has 1 aromatic heterocycles. The molecule has 200 valence electrons. The molecule has 3 aliphatic rings. The number of benzene rings is 3. The van der Waals surface area contributed by atoms with Crippen LogP contribution in [0.15, 0.2) is 66.9 Å². The molecule has 2 saturated heterocycles.